The summed E-state index contributed by atoms with van der Waals surface area (Å²) in [5, 5.41) is 3.08. The third-order valence-corrected chi connectivity index (χ3v) is 5.29. The smallest absolute Gasteiger partial charge is 0.223 e. The minimum atomic E-state index is 0.184. The van der Waals surface area contributed by atoms with E-state index in [1.807, 2.05) is 29.8 Å². The Bertz CT molecular complexity index is 597. The van der Waals surface area contributed by atoms with E-state index in [1.54, 1.807) is 11.3 Å². The molecule has 2 atom stereocenters. The highest BCUT2D eigenvalue weighted by Gasteiger charge is 2.30. The molecule has 0 unspecified atom stereocenters. The van der Waals surface area contributed by atoms with E-state index < -0.39 is 0 Å². The van der Waals surface area contributed by atoms with E-state index in [0.29, 0.717) is 6.42 Å². The molecule has 2 heterocycles. The Morgan fingerprint density at radius 3 is 2.91 bits per heavy atom. The zero-order chi connectivity index (χ0) is 15.4. The number of benzene rings is 1. The number of aromatic nitrogens is 1. The molecule has 1 amide bonds. The Kier molecular flexibility index (Phi) is 4.88. The predicted molar refractivity (Wildman–Crippen MR) is 89.9 cm³/mol. The second-order valence-electron chi connectivity index (χ2n) is 5.98. The predicted octanol–water partition coefficient (Wildman–Crippen LogP) is 4.39. The molecule has 116 valence electrons. The summed E-state index contributed by atoms with van der Waals surface area (Å²) in [6, 6.07) is 10.5. The molecule has 2 aromatic rings. The maximum atomic E-state index is 12.8. The van der Waals surface area contributed by atoms with Crippen LogP contribution in [0.5, 0.6) is 0 Å². The molecule has 0 radical (unpaired) electrons. The largest absolute Gasteiger partial charge is 0.333 e. The van der Waals surface area contributed by atoms with Gasteiger partial charge >= 0.3 is 0 Å². The molecule has 0 saturated carbocycles. The van der Waals surface area contributed by atoms with Crippen molar-refractivity contribution in [1.82, 2.24) is 9.88 Å². The summed E-state index contributed by atoms with van der Waals surface area (Å²) >= 11 is 1.66. The summed E-state index contributed by atoms with van der Waals surface area (Å²) in [6.07, 6.45) is 5.74. The van der Waals surface area contributed by atoms with Crippen LogP contribution in [0.4, 0.5) is 0 Å². The topological polar surface area (TPSA) is 33.2 Å². The minimum absolute atomic E-state index is 0.184. The standard InChI is InChI=1S/C18H22N2OS/c1-14(15-7-3-2-4-8-15)13-17(21)20-11-6-5-9-16(20)18-19-10-12-22-18/h2-4,7-8,10,12,14,16H,5-6,9,11,13H2,1H3/t14-,16-/m1/s1. The quantitative estimate of drug-likeness (QED) is 0.838. The fraction of sp³-hybridized carbons (Fsp3) is 0.444. The SMILES string of the molecule is C[C@H](CC(=O)N1CCCC[C@@H]1c1nccs1)c1ccccc1. The fourth-order valence-corrected chi connectivity index (χ4v) is 3.95. The van der Waals surface area contributed by atoms with E-state index in [-0.39, 0.29) is 17.9 Å². The van der Waals surface area contributed by atoms with Crippen molar-refractivity contribution in [3.8, 4) is 0 Å². The number of nitrogens with zero attached hydrogens (tertiary/aromatic N) is 2. The van der Waals surface area contributed by atoms with Crippen LogP contribution < -0.4 is 0 Å². The average molecular weight is 314 g/mol. The van der Waals surface area contributed by atoms with Crippen molar-refractivity contribution in [2.75, 3.05) is 6.54 Å². The zero-order valence-electron chi connectivity index (χ0n) is 12.9. The minimum Gasteiger partial charge on any atom is -0.333 e. The van der Waals surface area contributed by atoms with Gasteiger partial charge in [0.2, 0.25) is 5.91 Å². The van der Waals surface area contributed by atoms with Gasteiger partial charge in [-0.3, -0.25) is 4.79 Å². The van der Waals surface area contributed by atoms with Gasteiger partial charge in [-0.1, -0.05) is 37.3 Å². The first kappa shape index (κ1) is 15.2. The van der Waals surface area contributed by atoms with Crippen molar-refractivity contribution in [2.24, 2.45) is 0 Å². The maximum Gasteiger partial charge on any atom is 0.223 e. The van der Waals surface area contributed by atoms with Crippen molar-refractivity contribution >= 4 is 17.2 Å². The van der Waals surface area contributed by atoms with Gasteiger partial charge in [-0.05, 0) is 30.7 Å². The highest BCUT2D eigenvalue weighted by molar-refractivity contribution is 7.09. The Labute approximate surface area is 136 Å². The Balaban J connectivity index is 1.70. The highest BCUT2D eigenvalue weighted by atomic mass is 32.1. The molecule has 1 aliphatic rings. The van der Waals surface area contributed by atoms with Crippen LogP contribution in [0.25, 0.3) is 0 Å². The molecule has 1 saturated heterocycles. The average Bonchev–Trinajstić information content (AvgIpc) is 3.10. The number of likely N-dealkylation sites (tertiary alicyclic amines) is 1. The summed E-state index contributed by atoms with van der Waals surface area (Å²) in [7, 11) is 0. The molecule has 1 aliphatic heterocycles. The van der Waals surface area contributed by atoms with E-state index >= 15 is 0 Å². The van der Waals surface area contributed by atoms with Gasteiger partial charge in [-0.2, -0.15) is 0 Å². The summed E-state index contributed by atoms with van der Waals surface area (Å²) < 4.78 is 0. The van der Waals surface area contributed by atoms with E-state index in [4.69, 9.17) is 0 Å². The number of amides is 1. The summed E-state index contributed by atoms with van der Waals surface area (Å²) in [5.74, 6) is 0.517. The van der Waals surface area contributed by atoms with Gasteiger partial charge in [0.15, 0.2) is 0 Å². The van der Waals surface area contributed by atoms with Crippen LogP contribution >= 0.6 is 11.3 Å². The van der Waals surface area contributed by atoms with Gasteiger partial charge in [0, 0.05) is 24.5 Å². The third kappa shape index (κ3) is 3.38. The van der Waals surface area contributed by atoms with Crippen molar-refractivity contribution in [3.63, 3.8) is 0 Å². The molecule has 0 bridgehead atoms. The van der Waals surface area contributed by atoms with Crippen molar-refractivity contribution in [2.45, 2.75) is 44.6 Å². The van der Waals surface area contributed by atoms with Crippen LogP contribution in [-0.4, -0.2) is 22.3 Å². The van der Waals surface area contributed by atoms with Crippen LogP contribution in [0, 0.1) is 0 Å². The van der Waals surface area contributed by atoms with Gasteiger partial charge < -0.3 is 4.90 Å². The third-order valence-electron chi connectivity index (χ3n) is 4.41. The lowest BCUT2D eigenvalue weighted by molar-refractivity contribution is -0.135. The van der Waals surface area contributed by atoms with E-state index in [1.165, 1.54) is 12.0 Å². The van der Waals surface area contributed by atoms with Gasteiger partial charge in [0.25, 0.3) is 0 Å². The van der Waals surface area contributed by atoms with Crippen LogP contribution in [-0.2, 0) is 4.79 Å². The van der Waals surface area contributed by atoms with Crippen molar-refractivity contribution < 1.29 is 4.79 Å². The monoisotopic (exact) mass is 314 g/mol. The molecule has 1 aromatic carbocycles. The first-order valence-corrected chi connectivity index (χ1v) is 8.87. The Morgan fingerprint density at radius 1 is 1.36 bits per heavy atom. The molecule has 1 aromatic heterocycles. The zero-order valence-corrected chi connectivity index (χ0v) is 13.8. The number of carbonyl (C=O) groups is 1. The Morgan fingerprint density at radius 2 is 2.18 bits per heavy atom. The Hall–Kier alpha value is -1.68. The second kappa shape index (κ2) is 7.05. The molecule has 0 spiro atoms. The molecule has 22 heavy (non-hydrogen) atoms. The number of rotatable bonds is 4. The number of carbonyl (C=O) groups excluding carboxylic acids is 1. The highest BCUT2D eigenvalue weighted by Crippen LogP contribution is 2.33. The van der Waals surface area contributed by atoms with Crippen molar-refractivity contribution in [3.05, 3.63) is 52.5 Å². The molecule has 3 rings (SSSR count). The van der Waals surface area contributed by atoms with Crippen LogP contribution in [0.2, 0.25) is 0 Å². The normalized spacial score (nSPS) is 19.9. The van der Waals surface area contributed by atoms with E-state index in [0.717, 1.165) is 24.4 Å². The van der Waals surface area contributed by atoms with Gasteiger partial charge in [0.1, 0.15) is 5.01 Å². The lowest BCUT2D eigenvalue weighted by atomic mass is 9.95. The number of hydrogen-bond donors (Lipinski definition) is 0. The molecule has 0 aliphatic carbocycles. The van der Waals surface area contributed by atoms with Gasteiger partial charge in [0.05, 0.1) is 6.04 Å². The maximum absolute atomic E-state index is 12.8. The van der Waals surface area contributed by atoms with Crippen LogP contribution in [0.1, 0.15) is 55.1 Å². The first-order valence-electron chi connectivity index (χ1n) is 7.99. The summed E-state index contributed by atoms with van der Waals surface area (Å²) in [5.41, 5.74) is 1.23. The molecule has 1 fully saturated rings. The molecular formula is C18H22N2OS. The lowest BCUT2D eigenvalue weighted by Crippen LogP contribution is -2.38. The van der Waals surface area contributed by atoms with Crippen molar-refractivity contribution in [1.29, 1.82) is 0 Å². The number of piperidine rings is 1. The molecular weight excluding hydrogens is 292 g/mol. The van der Waals surface area contributed by atoms with Crippen LogP contribution in [0.15, 0.2) is 41.9 Å². The van der Waals surface area contributed by atoms with E-state index in [9.17, 15) is 4.79 Å². The fourth-order valence-electron chi connectivity index (χ4n) is 3.16. The number of thiazole rings is 1. The number of hydrogen-bond acceptors (Lipinski definition) is 3. The van der Waals surface area contributed by atoms with E-state index in [2.05, 4.69) is 28.9 Å². The molecule has 4 heteroatoms. The summed E-state index contributed by atoms with van der Waals surface area (Å²) in [6.45, 7) is 3.00. The second-order valence-corrected chi connectivity index (χ2v) is 6.91. The molecule has 3 nitrogen and oxygen atoms in total. The first-order chi connectivity index (χ1) is 10.8. The lowest BCUT2D eigenvalue weighted by Gasteiger charge is -2.35. The summed E-state index contributed by atoms with van der Waals surface area (Å²) in [4.78, 5) is 19.3. The molecule has 0 N–H and O–H groups in total. The van der Waals surface area contributed by atoms with Gasteiger partial charge in [-0.25, -0.2) is 4.98 Å². The van der Waals surface area contributed by atoms with Crippen LogP contribution in [0.3, 0.4) is 0 Å². The van der Waals surface area contributed by atoms with Gasteiger partial charge in [-0.15, -0.1) is 11.3 Å².